The minimum absolute atomic E-state index is 0.146. The monoisotopic (exact) mass is 833 g/mol. The van der Waals surface area contributed by atoms with E-state index in [1.165, 1.54) is 104 Å². The van der Waals surface area contributed by atoms with Crippen LogP contribution in [0.25, 0.3) is 65.4 Å². The Hall–Kier alpha value is -7.52. The molecule has 1 aromatic heterocycles. The van der Waals surface area contributed by atoms with Gasteiger partial charge in [-0.3, -0.25) is 0 Å². The molecule has 10 aromatic rings. The number of fused-ring (bicyclic) bond motifs is 13. The zero-order valence-electron chi connectivity index (χ0n) is 35.7. The molecule has 1 nitrogen and oxygen atoms in total. The summed E-state index contributed by atoms with van der Waals surface area (Å²) in [6.07, 6.45) is 0. The van der Waals surface area contributed by atoms with Crippen LogP contribution in [0.15, 0.2) is 224 Å². The summed E-state index contributed by atoms with van der Waals surface area (Å²) in [6, 6.07) is 83.7. The highest BCUT2D eigenvalue weighted by atomic mass is 32.1. The molecular formula is C62H43NS. The van der Waals surface area contributed by atoms with Crippen LogP contribution in [0, 0.1) is 0 Å². The molecule has 0 saturated carbocycles. The first-order chi connectivity index (χ1) is 31.5. The molecular weight excluding hydrogens is 791 g/mol. The van der Waals surface area contributed by atoms with Crippen LogP contribution in [-0.2, 0) is 10.8 Å². The Morgan fingerprint density at radius 1 is 0.344 bits per heavy atom. The van der Waals surface area contributed by atoms with E-state index in [4.69, 9.17) is 0 Å². The van der Waals surface area contributed by atoms with Crippen LogP contribution in [0.1, 0.15) is 47.2 Å². The van der Waals surface area contributed by atoms with Crippen LogP contribution in [-0.4, -0.2) is 0 Å². The molecule has 13 rings (SSSR count). The zero-order chi connectivity index (χ0) is 42.6. The summed E-state index contributed by atoms with van der Waals surface area (Å²) < 4.78 is 0. The lowest BCUT2D eigenvalue weighted by atomic mass is 9.70. The summed E-state index contributed by atoms with van der Waals surface area (Å²) in [4.78, 5) is 5.18. The fraction of sp³-hybridized carbons (Fsp3) is 0.0645. The van der Waals surface area contributed by atoms with E-state index in [-0.39, 0.29) is 5.41 Å². The Morgan fingerprint density at radius 3 is 1.48 bits per heavy atom. The SMILES string of the molecule is CC1(C)c2ccccc2-c2ccc(N(c3ccc(-c4ccccc4)cc3)c3cccc4c3-c3ccccc3C43c4ccccc4-c4c(-c5ccccc5)sc(-c5ccccc5)c43)cc21. The number of thiophene rings is 1. The Balaban J connectivity index is 1.10. The molecule has 0 saturated heterocycles. The second kappa shape index (κ2) is 14.0. The first-order valence-corrected chi connectivity index (χ1v) is 23.2. The van der Waals surface area contributed by atoms with Crippen molar-refractivity contribution in [2.24, 2.45) is 0 Å². The van der Waals surface area contributed by atoms with Gasteiger partial charge in [0, 0.05) is 37.7 Å². The number of hydrogen-bond donors (Lipinski definition) is 0. The number of hydrogen-bond acceptors (Lipinski definition) is 2. The maximum atomic E-state index is 2.53. The third kappa shape index (κ3) is 5.12. The van der Waals surface area contributed by atoms with Gasteiger partial charge < -0.3 is 4.90 Å². The topological polar surface area (TPSA) is 3.24 Å². The van der Waals surface area contributed by atoms with E-state index in [1.807, 2.05) is 11.3 Å². The van der Waals surface area contributed by atoms with Gasteiger partial charge in [-0.2, -0.15) is 0 Å². The number of nitrogens with zero attached hydrogens (tertiary/aromatic N) is 1. The number of anilines is 3. The zero-order valence-corrected chi connectivity index (χ0v) is 36.5. The van der Waals surface area contributed by atoms with Gasteiger partial charge in [0.15, 0.2) is 0 Å². The Bertz CT molecular complexity index is 3450. The maximum Gasteiger partial charge on any atom is 0.0740 e. The summed E-state index contributed by atoms with van der Waals surface area (Å²) in [7, 11) is 0. The maximum absolute atomic E-state index is 2.53. The first-order valence-electron chi connectivity index (χ1n) is 22.3. The molecule has 1 unspecified atom stereocenters. The van der Waals surface area contributed by atoms with Crippen molar-refractivity contribution in [3.05, 3.63) is 258 Å². The van der Waals surface area contributed by atoms with Crippen molar-refractivity contribution in [1.29, 1.82) is 0 Å². The van der Waals surface area contributed by atoms with Gasteiger partial charge >= 0.3 is 0 Å². The van der Waals surface area contributed by atoms with Gasteiger partial charge in [0.1, 0.15) is 0 Å². The standard InChI is InChI=1S/C62H43NS/c1-61(2)50-28-15-12-25-46(50)47-38-37-45(39-54(47)61)63(44-35-33-41(34-36-44)40-19-6-3-7-20-40)55-32-18-31-53-56(55)48-26-13-16-29-51(48)62(53)52-30-17-14-27-49(52)57-58(62)60(43-23-10-5-11-24-43)64-59(57)42-21-8-4-9-22-42/h3-39H,1-2H3. The molecule has 3 aliphatic carbocycles. The second-order valence-electron chi connectivity index (χ2n) is 17.9. The van der Waals surface area contributed by atoms with E-state index >= 15 is 0 Å². The molecule has 0 bridgehead atoms. The largest absolute Gasteiger partial charge is 0.310 e. The summed E-state index contributed by atoms with van der Waals surface area (Å²) in [5.74, 6) is 0. The molecule has 3 aliphatic rings. The molecule has 0 N–H and O–H groups in total. The van der Waals surface area contributed by atoms with Gasteiger partial charge in [0.25, 0.3) is 0 Å². The minimum atomic E-state index is -0.549. The smallest absolute Gasteiger partial charge is 0.0740 e. The quantitative estimate of drug-likeness (QED) is 0.161. The van der Waals surface area contributed by atoms with Crippen molar-refractivity contribution >= 4 is 28.4 Å². The summed E-state index contributed by atoms with van der Waals surface area (Å²) in [5.41, 5.74) is 23.7. The van der Waals surface area contributed by atoms with Crippen LogP contribution in [0.3, 0.4) is 0 Å². The lowest BCUT2D eigenvalue weighted by Gasteiger charge is -2.32. The van der Waals surface area contributed by atoms with E-state index < -0.39 is 5.41 Å². The summed E-state index contributed by atoms with van der Waals surface area (Å²) in [6.45, 7) is 4.76. The van der Waals surface area contributed by atoms with E-state index in [2.05, 4.69) is 243 Å². The van der Waals surface area contributed by atoms with Crippen LogP contribution in [0.2, 0.25) is 0 Å². The van der Waals surface area contributed by atoms with Crippen LogP contribution in [0.4, 0.5) is 17.1 Å². The van der Waals surface area contributed by atoms with Gasteiger partial charge in [-0.25, -0.2) is 0 Å². The lowest BCUT2D eigenvalue weighted by molar-refractivity contribution is 0.660. The van der Waals surface area contributed by atoms with Crippen molar-refractivity contribution in [3.63, 3.8) is 0 Å². The molecule has 0 aliphatic heterocycles. The van der Waals surface area contributed by atoms with Crippen LogP contribution >= 0.6 is 11.3 Å². The summed E-state index contributed by atoms with van der Waals surface area (Å²) in [5, 5.41) is 0. The second-order valence-corrected chi connectivity index (χ2v) is 19.0. The number of benzene rings is 9. The van der Waals surface area contributed by atoms with E-state index in [1.54, 1.807) is 0 Å². The van der Waals surface area contributed by atoms with Gasteiger partial charge in [-0.1, -0.05) is 208 Å². The Labute approximate surface area is 379 Å². The minimum Gasteiger partial charge on any atom is -0.310 e. The predicted octanol–water partition coefficient (Wildman–Crippen LogP) is 16.9. The predicted molar refractivity (Wildman–Crippen MR) is 269 cm³/mol. The highest BCUT2D eigenvalue weighted by Crippen LogP contribution is 2.69. The van der Waals surface area contributed by atoms with Crippen molar-refractivity contribution in [1.82, 2.24) is 0 Å². The lowest BCUT2D eigenvalue weighted by Crippen LogP contribution is -2.26. The van der Waals surface area contributed by atoms with Crippen LogP contribution < -0.4 is 4.90 Å². The average Bonchev–Trinajstić information content (AvgIpc) is 4.06. The molecule has 9 aromatic carbocycles. The normalized spacial score (nSPS) is 15.5. The van der Waals surface area contributed by atoms with Crippen LogP contribution in [0.5, 0.6) is 0 Å². The van der Waals surface area contributed by atoms with Gasteiger partial charge in [0.05, 0.1) is 11.1 Å². The van der Waals surface area contributed by atoms with Crippen molar-refractivity contribution < 1.29 is 0 Å². The average molecular weight is 834 g/mol. The fourth-order valence-corrected chi connectivity index (χ4v) is 12.9. The Morgan fingerprint density at radius 2 is 0.828 bits per heavy atom. The van der Waals surface area contributed by atoms with Gasteiger partial charge in [0.2, 0.25) is 0 Å². The molecule has 0 fully saturated rings. The molecule has 302 valence electrons. The highest BCUT2D eigenvalue weighted by Gasteiger charge is 2.55. The first kappa shape index (κ1) is 37.1. The molecule has 64 heavy (non-hydrogen) atoms. The molecule has 1 heterocycles. The fourth-order valence-electron chi connectivity index (χ4n) is 11.5. The van der Waals surface area contributed by atoms with E-state index in [9.17, 15) is 0 Å². The molecule has 0 radical (unpaired) electrons. The Kier molecular flexibility index (Phi) is 8.11. The molecule has 1 spiro atoms. The van der Waals surface area contributed by atoms with Gasteiger partial charge in [-0.15, -0.1) is 11.3 Å². The van der Waals surface area contributed by atoms with E-state index in [0.29, 0.717) is 0 Å². The summed E-state index contributed by atoms with van der Waals surface area (Å²) >= 11 is 1.94. The molecule has 1 atom stereocenters. The molecule has 2 heteroatoms. The highest BCUT2D eigenvalue weighted by molar-refractivity contribution is 7.19. The third-order valence-corrected chi connectivity index (χ3v) is 15.6. The third-order valence-electron chi connectivity index (χ3n) is 14.3. The van der Waals surface area contributed by atoms with E-state index in [0.717, 1.165) is 11.4 Å². The molecule has 0 amide bonds. The van der Waals surface area contributed by atoms with Gasteiger partial charge in [-0.05, 0) is 108 Å². The number of rotatable bonds is 6. The van der Waals surface area contributed by atoms with Crippen molar-refractivity contribution in [3.8, 4) is 65.4 Å². The van der Waals surface area contributed by atoms with Crippen molar-refractivity contribution in [2.75, 3.05) is 4.90 Å². The van der Waals surface area contributed by atoms with Crippen molar-refractivity contribution in [2.45, 2.75) is 24.7 Å².